The van der Waals surface area contributed by atoms with E-state index >= 15 is 0 Å². The second-order valence-corrected chi connectivity index (χ2v) is 19.0. The van der Waals surface area contributed by atoms with E-state index in [2.05, 4.69) is 51.8 Å². The van der Waals surface area contributed by atoms with E-state index in [0.29, 0.717) is 17.9 Å². The maximum Gasteiger partial charge on any atom is 0.322 e. The summed E-state index contributed by atoms with van der Waals surface area (Å²) in [6, 6.07) is 19.1. The largest absolute Gasteiger partial charge is 0.460 e. The molecule has 282 valence electrons. The highest BCUT2D eigenvalue weighted by molar-refractivity contribution is 6.73. The molecule has 0 saturated heterocycles. The van der Waals surface area contributed by atoms with Gasteiger partial charge in [0.25, 0.3) is 0 Å². The zero-order chi connectivity index (χ0) is 37.9. The molecule has 2 rings (SSSR count). The molecule has 9 nitrogen and oxygen atoms in total. The zero-order valence-electron chi connectivity index (χ0n) is 32.1. The van der Waals surface area contributed by atoms with E-state index in [1.54, 1.807) is 13.8 Å². The lowest BCUT2D eigenvalue weighted by molar-refractivity contribution is -0.164. The van der Waals surface area contributed by atoms with E-state index < -0.39 is 43.5 Å². The van der Waals surface area contributed by atoms with Gasteiger partial charge in [0.15, 0.2) is 14.1 Å². The summed E-state index contributed by atoms with van der Waals surface area (Å²) < 4.78 is 18.2. The van der Waals surface area contributed by atoms with Crippen molar-refractivity contribution in [2.75, 3.05) is 13.2 Å². The molecule has 0 aliphatic rings. The third-order valence-corrected chi connectivity index (χ3v) is 14.1. The quantitative estimate of drug-likeness (QED) is 0.0355. The maximum atomic E-state index is 14.6. The number of hydrogen-bond acceptors (Lipinski definition) is 7. The SMILES string of the molecule is C=C(C)C[C@H](NC(=O)[C@H](COCc1ccccc1)NC(=O)CCCCC(C)C)C(=O)C(C)(CO[Si](CC)(CC)CC)C(=O)OCc1ccccc1. The summed E-state index contributed by atoms with van der Waals surface area (Å²) >= 11 is 0. The molecule has 0 aliphatic carbocycles. The van der Waals surface area contributed by atoms with Gasteiger partial charge in [0.1, 0.15) is 18.1 Å². The average molecular weight is 723 g/mol. The highest BCUT2D eigenvalue weighted by Gasteiger charge is 2.48. The van der Waals surface area contributed by atoms with Crippen LogP contribution >= 0.6 is 0 Å². The fraction of sp³-hybridized carbons (Fsp3) is 0.561. The summed E-state index contributed by atoms with van der Waals surface area (Å²) in [5.74, 6) is -1.57. The summed E-state index contributed by atoms with van der Waals surface area (Å²) in [5.41, 5.74) is 0.618. The van der Waals surface area contributed by atoms with Crippen molar-refractivity contribution >= 4 is 31.9 Å². The summed E-state index contributed by atoms with van der Waals surface area (Å²) in [6.07, 6.45) is 2.97. The summed E-state index contributed by atoms with van der Waals surface area (Å²) in [6.45, 7) is 17.8. The maximum absolute atomic E-state index is 14.6. The van der Waals surface area contributed by atoms with Crippen molar-refractivity contribution in [3.63, 3.8) is 0 Å². The Kier molecular flexibility index (Phi) is 19.1. The normalized spacial score (nSPS) is 13.9. The van der Waals surface area contributed by atoms with E-state index in [0.717, 1.165) is 42.1 Å². The van der Waals surface area contributed by atoms with Gasteiger partial charge < -0.3 is 24.5 Å². The molecule has 0 saturated carbocycles. The van der Waals surface area contributed by atoms with Crippen LogP contribution in [0.25, 0.3) is 0 Å². The number of carbonyl (C=O) groups excluding carboxylic acids is 4. The van der Waals surface area contributed by atoms with Crippen LogP contribution in [0, 0.1) is 11.3 Å². The minimum absolute atomic E-state index is 0.0119. The van der Waals surface area contributed by atoms with Crippen LogP contribution in [-0.2, 0) is 46.3 Å². The van der Waals surface area contributed by atoms with Gasteiger partial charge in [-0.3, -0.25) is 19.2 Å². The number of amides is 2. The van der Waals surface area contributed by atoms with E-state index in [-0.39, 0.29) is 45.2 Å². The third kappa shape index (κ3) is 14.9. The lowest BCUT2D eigenvalue weighted by atomic mass is 9.81. The smallest absolute Gasteiger partial charge is 0.322 e. The second-order valence-electron chi connectivity index (χ2n) is 14.3. The number of carbonyl (C=O) groups is 4. The van der Waals surface area contributed by atoms with Crippen LogP contribution in [0.15, 0.2) is 72.8 Å². The highest BCUT2D eigenvalue weighted by Crippen LogP contribution is 2.30. The van der Waals surface area contributed by atoms with Gasteiger partial charge in [-0.2, -0.15) is 0 Å². The van der Waals surface area contributed by atoms with Crippen molar-refractivity contribution in [3.8, 4) is 0 Å². The van der Waals surface area contributed by atoms with Gasteiger partial charge >= 0.3 is 5.97 Å². The van der Waals surface area contributed by atoms with E-state index in [4.69, 9.17) is 13.9 Å². The Morgan fingerprint density at radius 3 is 1.92 bits per heavy atom. The first-order valence-electron chi connectivity index (χ1n) is 18.5. The number of ketones is 1. The number of Topliss-reactive ketones (excluding diaryl/α,β-unsaturated/α-hetero) is 1. The van der Waals surface area contributed by atoms with Crippen LogP contribution in [0.3, 0.4) is 0 Å². The number of nitrogens with one attached hydrogen (secondary N) is 2. The number of benzene rings is 2. The van der Waals surface area contributed by atoms with Gasteiger partial charge in [0.2, 0.25) is 11.8 Å². The molecule has 0 spiro atoms. The Morgan fingerprint density at radius 1 is 0.824 bits per heavy atom. The first-order valence-corrected chi connectivity index (χ1v) is 21.1. The molecule has 2 aromatic rings. The van der Waals surface area contributed by atoms with Crippen molar-refractivity contribution < 1.29 is 33.1 Å². The topological polar surface area (TPSA) is 120 Å². The lowest BCUT2D eigenvalue weighted by Crippen LogP contribution is -2.58. The Hall–Kier alpha value is -3.60. The third-order valence-electron chi connectivity index (χ3n) is 9.48. The van der Waals surface area contributed by atoms with E-state index in [9.17, 15) is 19.2 Å². The van der Waals surface area contributed by atoms with Crippen LogP contribution in [0.2, 0.25) is 18.1 Å². The second kappa shape index (κ2) is 22.4. The Labute approximate surface area is 307 Å². The van der Waals surface area contributed by atoms with Crippen LogP contribution < -0.4 is 10.6 Å². The molecule has 0 heterocycles. The molecule has 2 amide bonds. The van der Waals surface area contributed by atoms with Crippen molar-refractivity contribution in [2.24, 2.45) is 11.3 Å². The Balaban J connectivity index is 2.36. The summed E-state index contributed by atoms with van der Waals surface area (Å²) in [4.78, 5) is 55.6. The molecule has 0 aromatic heterocycles. The summed E-state index contributed by atoms with van der Waals surface area (Å²) in [5, 5.41) is 5.70. The van der Waals surface area contributed by atoms with Gasteiger partial charge in [0, 0.05) is 6.42 Å². The van der Waals surface area contributed by atoms with Gasteiger partial charge in [0.05, 0.1) is 25.9 Å². The fourth-order valence-electron chi connectivity index (χ4n) is 5.84. The van der Waals surface area contributed by atoms with Crippen LogP contribution in [-0.4, -0.2) is 57.2 Å². The molecule has 1 unspecified atom stereocenters. The van der Waals surface area contributed by atoms with Crippen molar-refractivity contribution in [3.05, 3.63) is 83.9 Å². The molecular formula is C41H62N2O7Si. The van der Waals surface area contributed by atoms with Crippen molar-refractivity contribution in [1.29, 1.82) is 0 Å². The number of ether oxygens (including phenoxy) is 2. The molecule has 0 aliphatic heterocycles. The first-order chi connectivity index (χ1) is 24.3. The predicted octanol–water partition coefficient (Wildman–Crippen LogP) is 7.70. The number of esters is 1. The molecular weight excluding hydrogens is 661 g/mol. The Bertz CT molecular complexity index is 1370. The monoisotopic (exact) mass is 722 g/mol. The highest BCUT2D eigenvalue weighted by atomic mass is 28.4. The van der Waals surface area contributed by atoms with E-state index in [1.807, 2.05) is 60.7 Å². The van der Waals surface area contributed by atoms with Crippen molar-refractivity contribution in [2.45, 2.75) is 124 Å². The minimum Gasteiger partial charge on any atom is -0.460 e. The summed E-state index contributed by atoms with van der Waals surface area (Å²) in [7, 11) is -2.23. The predicted molar refractivity (Wildman–Crippen MR) is 205 cm³/mol. The van der Waals surface area contributed by atoms with Gasteiger partial charge in [-0.15, -0.1) is 6.58 Å². The fourth-order valence-corrected chi connectivity index (χ4v) is 8.54. The first kappa shape index (κ1) is 43.6. The van der Waals surface area contributed by atoms with E-state index in [1.165, 1.54) is 0 Å². The van der Waals surface area contributed by atoms with Gasteiger partial charge in [-0.25, -0.2) is 0 Å². The number of unbranched alkanes of at least 4 members (excludes halogenated alkanes) is 1. The molecule has 0 fully saturated rings. The Morgan fingerprint density at radius 2 is 1.39 bits per heavy atom. The zero-order valence-corrected chi connectivity index (χ0v) is 33.1. The molecule has 51 heavy (non-hydrogen) atoms. The molecule has 10 heteroatoms. The van der Waals surface area contributed by atoms with Gasteiger partial charge in [-0.05, 0) is 61.9 Å². The minimum atomic E-state index is -2.23. The van der Waals surface area contributed by atoms with Crippen LogP contribution in [0.1, 0.15) is 91.7 Å². The van der Waals surface area contributed by atoms with Gasteiger partial charge in [-0.1, -0.05) is 114 Å². The lowest BCUT2D eigenvalue weighted by Gasteiger charge is -2.35. The molecule has 2 aromatic carbocycles. The molecule has 3 atom stereocenters. The average Bonchev–Trinajstić information content (AvgIpc) is 3.12. The standard InChI is InChI=1S/C41H62N2O7Si/c1-9-51(10-2,11-3)50-30-41(8,40(47)49-28-34-23-16-13-17-24-34)38(45)35(26-32(6)7)43-39(46)36(29-48-27-33-21-14-12-15-22-33)42-37(44)25-19-18-20-31(4)5/h12-17,21-24,31,35-36H,6,9-11,18-20,25-30H2,1-5,7-8H3,(H,42,44)(H,43,46)/t35-,36-,41?/m0/s1. The van der Waals surface area contributed by atoms with Crippen LogP contribution in [0.5, 0.6) is 0 Å². The van der Waals surface area contributed by atoms with Crippen molar-refractivity contribution in [1.82, 2.24) is 10.6 Å². The number of hydrogen-bond donors (Lipinski definition) is 2. The van der Waals surface area contributed by atoms with Crippen LogP contribution in [0.4, 0.5) is 0 Å². The molecule has 2 N–H and O–H groups in total. The molecule has 0 radical (unpaired) electrons. The molecule has 0 bridgehead atoms. The number of rotatable bonds is 25.